The minimum absolute atomic E-state index is 0.00119. The van der Waals surface area contributed by atoms with E-state index in [9.17, 15) is 4.79 Å². The Balaban J connectivity index is 2.01. The molecule has 33 heavy (non-hydrogen) atoms. The van der Waals surface area contributed by atoms with Crippen LogP contribution in [0, 0.1) is 5.41 Å². The molecule has 1 amide bonds. The maximum atomic E-state index is 12.6. The number of anilines is 1. The van der Waals surface area contributed by atoms with Crippen molar-refractivity contribution in [2.75, 3.05) is 12.4 Å². The third kappa shape index (κ3) is 5.08. The lowest BCUT2D eigenvalue weighted by atomic mass is 10.0. The Morgan fingerprint density at radius 1 is 1.21 bits per heavy atom. The van der Waals surface area contributed by atoms with Gasteiger partial charge in [0.25, 0.3) is 5.91 Å². The number of benzene rings is 1. The number of carbonyl (C=O) groups excluding carboxylic acids is 1. The minimum Gasteiger partial charge on any atom is -0.543 e. The molecule has 0 atom stereocenters. The van der Waals surface area contributed by atoms with Crippen molar-refractivity contribution in [2.45, 2.75) is 58.8 Å². The Morgan fingerprint density at radius 2 is 1.91 bits per heavy atom. The molecule has 0 aliphatic rings. The number of fused-ring (bicyclic) bond motifs is 1. The molecule has 3 rings (SSSR count). The summed E-state index contributed by atoms with van der Waals surface area (Å²) < 4.78 is 6.46. The van der Waals surface area contributed by atoms with Gasteiger partial charge in [-0.1, -0.05) is 20.8 Å². The molecule has 0 bridgehead atoms. The van der Waals surface area contributed by atoms with E-state index in [1.165, 1.54) is 0 Å². The molecule has 9 heteroatoms. The zero-order valence-electron chi connectivity index (χ0n) is 20.7. The number of aromatic nitrogens is 3. The van der Waals surface area contributed by atoms with E-state index < -0.39 is 8.32 Å². The summed E-state index contributed by atoms with van der Waals surface area (Å²) in [5, 5.41) is 15.0. The summed E-state index contributed by atoms with van der Waals surface area (Å²) in [5.74, 6) is 0.503. The number of nitrogens with zero attached hydrogens (tertiary/aromatic N) is 2. The number of H-pyrrole nitrogens is 1. The Labute approximate surface area is 196 Å². The summed E-state index contributed by atoms with van der Waals surface area (Å²) in [7, 11) is -0.223. The lowest BCUT2D eigenvalue weighted by Crippen LogP contribution is -2.43. The minimum atomic E-state index is -2.04. The highest BCUT2D eigenvalue weighted by Crippen LogP contribution is 2.38. The topological polar surface area (TPSA) is 116 Å². The molecular formula is C24H34N6O2Si. The van der Waals surface area contributed by atoms with E-state index in [4.69, 9.17) is 9.84 Å². The number of nitrogens with one attached hydrogen (secondary N) is 4. The standard InChI is InChI=1S/C24H34N6O2Si/c1-14(2)29-23(31)17-12-27-22-21(17)30-19(13-28-22)20(25)16-11-15(9-10-18(16)26-6)32-33(7,8)24(3,4)5/h9-14,25-26H,1-8H3,(H,27,28)(H,29,31). The fourth-order valence-electron chi connectivity index (χ4n) is 3.12. The summed E-state index contributed by atoms with van der Waals surface area (Å²) in [4.78, 5) is 24.6. The van der Waals surface area contributed by atoms with E-state index in [1.54, 1.807) is 12.4 Å². The Hall–Kier alpha value is -3.20. The van der Waals surface area contributed by atoms with Gasteiger partial charge in [-0.15, -0.1) is 0 Å². The zero-order chi connectivity index (χ0) is 24.6. The first kappa shape index (κ1) is 24.4. The van der Waals surface area contributed by atoms with Crippen molar-refractivity contribution in [1.29, 1.82) is 5.41 Å². The van der Waals surface area contributed by atoms with E-state index in [1.807, 2.05) is 39.1 Å². The van der Waals surface area contributed by atoms with Crippen LogP contribution in [-0.2, 0) is 0 Å². The van der Waals surface area contributed by atoms with Crippen molar-refractivity contribution in [1.82, 2.24) is 20.3 Å². The van der Waals surface area contributed by atoms with Gasteiger partial charge in [-0.05, 0) is 50.2 Å². The van der Waals surface area contributed by atoms with Gasteiger partial charge in [-0.25, -0.2) is 9.97 Å². The van der Waals surface area contributed by atoms with Crippen molar-refractivity contribution in [3.8, 4) is 5.75 Å². The highest BCUT2D eigenvalue weighted by molar-refractivity contribution is 6.74. The molecule has 0 saturated heterocycles. The van der Waals surface area contributed by atoms with Crippen LogP contribution in [0.1, 0.15) is 56.2 Å². The third-order valence-electron chi connectivity index (χ3n) is 6.01. The van der Waals surface area contributed by atoms with Gasteiger partial charge in [0.2, 0.25) is 8.32 Å². The summed E-state index contributed by atoms with van der Waals surface area (Å²) in [6.45, 7) is 14.8. The molecule has 0 radical (unpaired) electrons. The van der Waals surface area contributed by atoms with Crippen LogP contribution in [0.4, 0.5) is 5.69 Å². The van der Waals surface area contributed by atoms with E-state index in [2.05, 4.69) is 59.5 Å². The van der Waals surface area contributed by atoms with Gasteiger partial charge in [0, 0.05) is 30.5 Å². The molecular weight excluding hydrogens is 432 g/mol. The normalized spacial score (nSPS) is 12.2. The van der Waals surface area contributed by atoms with Crippen LogP contribution in [0.5, 0.6) is 5.75 Å². The lowest BCUT2D eigenvalue weighted by molar-refractivity contribution is 0.0944. The molecule has 3 aromatic rings. The third-order valence-corrected chi connectivity index (χ3v) is 10.4. The fourth-order valence-corrected chi connectivity index (χ4v) is 4.14. The van der Waals surface area contributed by atoms with Crippen LogP contribution in [0.3, 0.4) is 0 Å². The largest absolute Gasteiger partial charge is 0.543 e. The van der Waals surface area contributed by atoms with Gasteiger partial charge in [-0.2, -0.15) is 0 Å². The highest BCUT2D eigenvalue weighted by Gasteiger charge is 2.39. The second-order valence-corrected chi connectivity index (χ2v) is 14.7. The van der Waals surface area contributed by atoms with Gasteiger partial charge in [0.05, 0.1) is 17.5 Å². The SMILES string of the molecule is CNc1ccc(O[Si](C)(C)C(C)(C)C)cc1C(=N)c1cnc2[nH]cc(C(=O)NC(C)C)c2n1. The summed E-state index contributed by atoms with van der Waals surface area (Å²) in [6, 6.07) is 5.72. The van der Waals surface area contributed by atoms with E-state index in [0.717, 1.165) is 11.4 Å². The van der Waals surface area contributed by atoms with Crippen LogP contribution in [0.15, 0.2) is 30.6 Å². The predicted molar refractivity (Wildman–Crippen MR) is 136 cm³/mol. The average Bonchev–Trinajstić information content (AvgIpc) is 3.15. The molecule has 4 N–H and O–H groups in total. The Morgan fingerprint density at radius 3 is 2.52 bits per heavy atom. The maximum absolute atomic E-state index is 12.6. The van der Waals surface area contributed by atoms with Crippen molar-refractivity contribution in [3.63, 3.8) is 0 Å². The van der Waals surface area contributed by atoms with Gasteiger partial charge >= 0.3 is 0 Å². The van der Waals surface area contributed by atoms with Crippen molar-refractivity contribution < 1.29 is 9.22 Å². The number of hydrogen-bond donors (Lipinski definition) is 4. The molecule has 0 unspecified atom stereocenters. The van der Waals surface area contributed by atoms with Crippen LogP contribution in [-0.4, -0.2) is 48.0 Å². The molecule has 0 saturated carbocycles. The summed E-state index contributed by atoms with van der Waals surface area (Å²) in [5.41, 5.74) is 3.37. The van der Waals surface area contributed by atoms with Gasteiger partial charge in [-0.3, -0.25) is 10.2 Å². The number of aromatic amines is 1. The second-order valence-electron chi connectivity index (χ2n) is 9.98. The maximum Gasteiger partial charge on any atom is 0.255 e. The van der Waals surface area contributed by atoms with Gasteiger partial charge in [0.15, 0.2) is 5.65 Å². The summed E-state index contributed by atoms with van der Waals surface area (Å²) in [6.07, 6.45) is 3.15. The van der Waals surface area contributed by atoms with E-state index >= 15 is 0 Å². The first-order valence-corrected chi connectivity index (χ1v) is 14.0. The summed E-state index contributed by atoms with van der Waals surface area (Å²) >= 11 is 0. The highest BCUT2D eigenvalue weighted by atomic mass is 28.4. The number of hydrogen-bond acceptors (Lipinski definition) is 6. The van der Waals surface area contributed by atoms with Crippen LogP contribution in [0.25, 0.3) is 11.2 Å². The monoisotopic (exact) mass is 466 g/mol. The van der Waals surface area contributed by atoms with E-state index in [-0.39, 0.29) is 22.7 Å². The molecule has 1 aromatic carbocycles. The molecule has 0 aliphatic carbocycles. The van der Waals surface area contributed by atoms with Gasteiger partial charge < -0.3 is 20.0 Å². The number of amides is 1. The lowest BCUT2D eigenvalue weighted by Gasteiger charge is -2.36. The molecule has 2 aromatic heterocycles. The molecule has 176 valence electrons. The Bertz CT molecular complexity index is 1190. The molecule has 0 spiro atoms. The van der Waals surface area contributed by atoms with Crippen LogP contribution >= 0.6 is 0 Å². The number of carbonyl (C=O) groups is 1. The fraction of sp³-hybridized carbons (Fsp3) is 0.417. The predicted octanol–water partition coefficient (Wildman–Crippen LogP) is 4.94. The van der Waals surface area contributed by atoms with Crippen molar-refractivity contribution >= 4 is 36.8 Å². The zero-order valence-corrected chi connectivity index (χ0v) is 21.7. The Kier molecular flexibility index (Phi) is 6.65. The quantitative estimate of drug-likeness (QED) is 0.291. The van der Waals surface area contributed by atoms with Crippen molar-refractivity contribution in [2.24, 2.45) is 0 Å². The molecule has 0 aliphatic heterocycles. The molecule has 0 fully saturated rings. The van der Waals surface area contributed by atoms with Gasteiger partial charge in [0.1, 0.15) is 17.0 Å². The van der Waals surface area contributed by atoms with Crippen LogP contribution < -0.4 is 15.1 Å². The number of rotatable bonds is 7. The average molecular weight is 467 g/mol. The van der Waals surface area contributed by atoms with E-state index in [0.29, 0.717) is 28.0 Å². The first-order chi connectivity index (χ1) is 15.3. The first-order valence-electron chi connectivity index (χ1n) is 11.1. The van der Waals surface area contributed by atoms with Crippen molar-refractivity contribution in [3.05, 3.63) is 47.4 Å². The smallest absolute Gasteiger partial charge is 0.255 e. The molecule has 2 heterocycles. The van der Waals surface area contributed by atoms with Crippen LogP contribution in [0.2, 0.25) is 18.1 Å². The molecule has 8 nitrogen and oxygen atoms in total. The second kappa shape index (κ2) is 8.97.